The number of carbonyl (C=O) groups excluding carboxylic acids is 1. The van der Waals surface area contributed by atoms with Gasteiger partial charge in [0.25, 0.3) is 0 Å². The lowest BCUT2D eigenvalue weighted by molar-refractivity contribution is 0.0987. The third kappa shape index (κ3) is 2.30. The van der Waals surface area contributed by atoms with Crippen molar-refractivity contribution in [2.45, 2.75) is 32.2 Å². The van der Waals surface area contributed by atoms with Crippen LogP contribution < -0.4 is 0 Å². The molecule has 1 aromatic heterocycles. The molecule has 1 heterocycles. The first-order chi connectivity index (χ1) is 8.50. The van der Waals surface area contributed by atoms with E-state index in [-0.39, 0.29) is 0 Å². The van der Waals surface area contributed by atoms with Crippen LogP contribution in [0.1, 0.15) is 41.6 Å². The molecule has 18 heavy (non-hydrogen) atoms. The molecule has 0 amide bonds. The minimum absolute atomic E-state index is 0.304. The lowest BCUT2D eigenvalue weighted by Gasteiger charge is -2.29. The van der Waals surface area contributed by atoms with Gasteiger partial charge < -0.3 is 9.47 Å². The van der Waals surface area contributed by atoms with E-state index in [0.717, 1.165) is 25.1 Å². The third-order valence-electron chi connectivity index (χ3n) is 3.24. The molecule has 0 aromatic carbocycles. The van der Waals surface area contributed by atoms with Gasteiger partial charge in [0.2, 0.25) is 5.78 Å². The average molecular weight is 251 g/mol. The molecule has 1 aromatic rings. The van der Waals surface area contributed by atoms with Gasteiger partial charge >= 0.3 is 0 Å². The van der Waals surface area contributed by atoms with Crippen LogP contribution in [-0.4, -0.2) is 34.3 Å². The molecule has 0 spiro atoms. The van der Waals surface area contributed by atoms with Crippen molar-refractivity contribution in [3.63, 3.8) is 0 Å². The molecular weight excluding hydrogens is 233 g/mol. The summed E-state index contributed by atoms with van der Waals surface area (Å²) in [6, 6.07) is 0.304. The van der Waals surface area contributed by atoms with Crippen molar-refractivity contribution in [3.05, 3.63) is 29.7 Å². The number of hydrogen-bond acceptors (Lipinski definition) is 3. The molecule has 98 valence electrons. The Morgan fingerprint density at radius 1 is 1.56 bits per heavy atom. The summed E-state index contributed by atoms with van der Waals surface area (Å²) in [5.41, 5.74) is 0.354. The van der Waals surface area contributed by atoms with Gasteiger partial charge in [-0.25, -0.2) is 9.37 Å². The number of rotatable bonds is 4. The van der Waals surface area contributed by atoms with Crippen LogP contribution in [0.15, 0.2) is 18.2 Å². The molecule has 2 rings (SSSR count). The minimum atomic E-state index is -0.750. The number of aryl methyl sites for hydroxylation is 1. The van der Waals surface area contributed by atoms with Crippen molar-refractivity contribution in [1.29, 1.82) is 0 Å². The van der Waals surface area contributed by atoms with Crippen molar-refractivity contribution in [2.75, 3.05) is 14.1 Å². The monoisotopic (exact) mass is 251 g/mol. The summed E-state index contributed by atoms with van der Waals surface area (Å²) in [5, 5.41) is 0. The van der Waals surface area contributed by atoms with Crippen molar-refractivity contribution in [3.8, 4) is 0 Å². The molecule has 0 bridgehead atoms. The van der Waals surface area contributed by atoms with Crippen molar-refractivity contribution < 1.29 is 9.18 Å². The standard InChI is InChI=1S/C13H18FN3O/c1-9-15-7-12(17(9)10-5-4-6-10)13(18)11(14)8-16(2)3/h7-8,10H,4-6H2,1-3H3/b11-8-. The number of aromatic nitrogens is 2. The minimum Gasteiger partial charge on any atom is -0.381 e. The molecule has 1 aliphatic carbocycles. The number of imidazole rings is 1. The molecule has 4 nitrogen and oxygen atoms in total. The molecule has 1 aliphatic rings. The summed E-state index contributed by atoms with van der Waals surface area (Å²) in [5.74, 6) is -0.558. The molecule has 0 unspecified atom stereocenters. The number of hydrogen-bond donors (Lipinski definition) is 0. The zero-order valence-electron chi connectivity index (χ0n) is 11.0. The number of Topliss-reactive ketones (excluding diaryl/α,β-unsaturated/α-hetero) is 1. The molecule has 0 radical (unpaired) electrons. The summed E-state index contributed by atoms with van der Waals surface area (Å²) < 4.78 is 15.6. The zero-order valence-corrected chi connectivity index (χ0v) is 11.0. The average Bonchev–Trinajstić information content (AvgIpc) is 2.57. The summed E-state index contributed by atoms with van der Waals surface area (Å²) in [4.78, 5) is 17.7. The highest BCUT2D eigenvalue weighted by Crippen LogP contribution is 2.34. The molecule has 0 saturated heterocycles. The number of carbonyl (C=O) groups is 1. The molecule has 1 saturated carbocycles. The SMILES string of the molecule is Cc1ncc(C(=O)/C(F)=C/N(C)C)n1C1CCC1. The van der Waals surface area contributed by atoms with Crippen molar-refractivity contribution in [1.82, 2.24) is 14.5 Å². The highest BCUT2D eigenvalue weighted by Gasteiger charge is 2.27. The van der Waals surface area contributed by atoms with Crippen LogP contribution in [0.2, 0.25) is 0 Å². The Kier molecular flexibility index (Phi) is 3.50. The Hall–Kier alpha value is -1.65. The number of nitrogens with zero attached hydrogens (tertiary/aromatic N) is 3. The fourth-order valence-corrected chi connectivity index (χ4v) is 2.13. The largest absolute Gasteiger partial charge is 0.381 e. The van der Waals surface area contributed by atoms with Crippen LogP contribution in [-0.2, 0) is 0 Å². The lowest BCUT2D eigenvalue weighted by atomic mass is 9.92. The normalized spacial score (nSPS) is 16.6. The maximum atomic E-state index is 13.7. The summed E-state index contributed by atoms with van der Waals surface area (Å²) >= 11 is 0. The lowest BCUT2D eigenvalue weighted by Crippen LogP contribution is -2.22. The topological polar surface area (TPSA) is 38.1 Å². The van der Waals surface area contributed by atoms with Crippen LogP contribution in [0.5, 0.6) is 0 Å². The quantitative estimate of drug-likeness (QED) is 0.609. The van der Waals surface area contributed by atoms with E-state index < -0.39 is 11.6 Å². The van der Waals surface area contributed by atoms with Gasteiger partial charge in [0.05, 0.1) is 6.20 Å². The second-order valence-corrected chi connectivity index (χ2v) is 4.92. The van der Waals surface area contributed by atoms with E-state index in [1.807, 2.05) is 11.5 Å². The summed E-state index contributed by atoms with van der Waals surface area (Å²) in [6.07, 6.45) is 5.90. The van der Waals surface area contributed by atoms with Gasteiger partial charge in [-0.3, -0.25) is 4.79 Å². The maximum Gasteiger partial charge on any atom is 0.240 e. The number of halogens is 1. The van der Waals surface area contributed by atoms with Gasteiger partial charge in [-0.15, -0.1) is 0 Å². The molecule has 0 N–H and O–H groups in total. The highest BCUT2D eigenvalue weighted by atomic mass is 19.1. The zero-order chi connectivity index (χ0) is 13.3. The van der Waals surface area contributed by atoms with Crippen LogP contribution in [0.4, 0.5) is 4.39 Å². The maximum absolute atomic E-state index is 13.7. The van der Waals surface area contributed by atoms with Gasteiger partial charge in [-0.2, -0.15) is 0 Å². The molecule has 5 heteroatoms. The van der Waals surface area contributed by atoms with Crippen molar-refractivity contribution in [2.24, 2.45) is 0 Å². The predicted octanol–water partition coefficient (Wildman–Crippen LogP) is 2.47. The van der Waals surface area contributed by atoms with E-state index in [2.05, 4.69) is 4.98 Å². The summed E-state index contributed by atoms with van der Waals surface area (Å²) in [7, 11) is 3.36. The molecule has 1 fully saturated rings. The van der Waals surface area contributed by atoms with Crippen LogP contribution >= 0.6 is 0 Å². The van der Waals surface area contributed by atoms with Gasteiger partial charge in [0.1, 0.15) is 11.5 Å². The Bertz CT molecular complexity index is 486. The van der Waals surface area contributed by atoms with Crippen molar-refractivity contribution >= 4 is 5.78 Å². The smallest absolute Gasteiger partial charge is 0.240 e. The van der Waals surface area contributed by atoms with Crippen LogP contribution in [0.25, 0.3) is 0 Å². The second kappa shape index (κ2) is 4.92. The second-order valence-electron chi connectivity index (χ2n) is 4.92. The first kappa shape index (κ1) is 12.8. The Morgan fingerprint density at radius 2 is 2.22 bits per heavy atom. The van der Waals surface area contributed by atoms with Gasteiger partial charge in [-0.1, -0.05) is 0 Å². The first-order valence-electron chi connectivity index (χ1n) is 6.13. The molecule has 0 atom stereocenters. The van der Waals surface area contributed by atoms with Gasteiger partial charge in [-0.05, 0) is 26.2 Å². The molecular formula is C13H18FN3O. The van der Waals surface area contributed by atoms with E-state index in [1.165, 1.54) is 17.3 Å². The van der Waals surface area contributed by atoms with E-state index in [1.54, 1.807) is 14.1 Å². The summed E-state index contributed by atoms with van der Waals surface area (Å²) in [6.45, 7) is 1.85. The van der Waals surface area contributed by atoms with Gasteiger partial charge in [0, 0.05) is 26.3 Å². The van der Waals surface area contributed by atoms with E-state index in [4.69, 9.17) is 0 Å². The van der Waals surface area contributed by atoms with Crippen LogP contribution in [0.3, 0.4) is 0 Å². The number of allylic oxidation sites excluding steroid dienone is 1. The number of ketones is 1. The molecule has 0 aliphatic heterocycles. The Labute approximate surface area is 106 Å². The van der Waals surface area contributed by atoms with E-state index in [0.29, 0.717) is 11.7 Å². The van der Waals surface area contributed by atoms with Crippen LogP contribution in [0, 0.1) is 6.92 Å². The van der Waals surface area contributed by atoms with Gasteiger partial charge in [0.15, 0.2) is 5.83 Å². The predicted molar refractivity (Wildman–Crippen MR) is 67.1 cm³/mol. The Morgan fingerprint density at radius 3 is 2.72 bits per heavy atom. The Balaban J connectivity index is 2.30. The highest BCUT2D eigenvalue weighted by molar-refractivity contribution is 6.05. The fourth-order valence-electron chi connectivity index (χ4n) is 2.13. The third-order valence-corrected chi connectivity index (χ3v) is 3.24. The first-order valence-corrected chi connectivity index (χ1v) is 6.13. The van der Waals surface area contributed by atoms with E-state index >= 15 is 0 Å². The fraction of sp³-hybridized carbons (Fsp3) is 0.538. The van der Waals surface area contributed by atoms with E-state index in [9.17, 15) is 9.18 Å².